The number of pyridine rings is 2. The highest BCUT2D eigenvalue weighted by molar-refractivity contribution is 7.81. The normalized spacial score (nSPS) is 11.2. The van der Waals surface area contributed by atoms with Gasteiger partial charge in [-0.05, 0) is 84.0 Å². The summed E-state index contributed by atoms with van der Waals surface area (Å²) in [5.74, 6) is 5.61. The highest BCUT2D eigenvalue weighted by Crippen LogP contribution is 2.27. The number of nitrogens with zero attached hydrogens (tertiary/aromatic N) is 4. The average molecular weight is 1430 g/mol. The lowest BCUT2D eigenvalue weighted by atomic mass is 10.0. The zero-order valence-corrected chi connectivity index (χ0v) is 66.5. The van der Waals surface area contributed by atoms with Crippen LogP contribution in [0, 0.1) is 24.7 Å². The fourth-order valence-corrected chi connectivity index (χ4v) is 12.8. The molecular formula is C86H144N4O8S2. The molecule has 12 nitrogen and oxygen atoms in total. The summed E-state index contributed by atoms with van der Waals surface area (Å²) in [6.45, 7) is 13.9. The number of benzene rings is 2. The lowest BCUT2D eigenvalue weighted by molar-refractivity contribution is -0.674. The molecule has 0 atom stereocenters. The molecule has 4 rings (SSSR count). The first-order chi connectivity index (χ1) is 48.5. The van der Waals surface area contributed by atoms with Crippen molar-refractivity contribution in [2.75, 3.05) is 50.2 Å². The first-order valence-electron chi connectivity index (χ1n) is 40.2. The summed E-state index contributed by atoms with van der Waals surface area (Å²) in [5.41, 5.74) is 9.42. The van der Waals surface area contributed by atoms with Crippen molar-refractivity contribution in [2.45, 2.75) is 336 Å². The molecule has 568 valence electrons. The van der Waals surface area contributed by atoms with Crippen LogP contribution in [0.1, 0.15) is 347 Å². The molecule has 0 radical (unpaired) electrons. The van der Waals surface area contributed by atoms with Crippen LogP contribution in [0.4, 0.5) is 11.4 Å². The molecule has 0 N–H and O–H groups in total. The van der Waals surface area contributed by atoms with Gasteiger partial charge in [0.15, 0.2) is 12.4 Å². The number of anilines is 2. The van der Waals surface area contributed by atoms with Crippen LogP contribution in [0.15, 0.2) is 85.2 Å². The highest BCUT2D eigenvalue weighted by Gasteiger charge is 2.13. The van der Waals surface area contributed by atoms with E-state index >= 15 is 0 Å². The van der Waals surface area contributed by atoms with E-state index in [0.29, 0.717) is 0 Å². The van der Waals surface area contributed by atoms with Crippen molar-refractivity contribution < 1.29 is 43.4 Å². The Morgan fingerprint density at radius 1 is 0.320 bits per heavy atom. The van der Waals surface area contributed by atoms with Crippen LogP contribution in [-0.2, 0) is 43.3 Å². The van der Waals surface area contributed by atoms with Gasteiger partial charge in [0.05, 0.1) is 14.2 Å². The van der Waals surface area contributed by atoms with Crippen molar-refractivity contribution in [3.63, 3.8) is 0 Å². The number of aryl methyl sites for hydroxylation is 2. The molecule has 2 aromatic heterocycles. The van der Waals surface area contributed by atoms with Gasteiger partial charge in [-0.1, -0.05) is 334 Å². The van der Waals surface area contributed by atoms with Crippen LogP contribution in [-0.4, -0.2) is 66.3 Å². The predicted octanol–water partition coefficient (Wildman–Crippen LogP) is 22.9. The fourth-order valence-electron chi connectivity index (χ4n) is 12.8. The van der Waals surface area contributed by atoms with Gasteiger partial charge in [0, 0.05) is 61.8 Å². The second-order valence-corrected chi connectivity index (χ2v) is 30.2. The van der Waals surface area contributed by atoms with Crippen molar-refractivity contribution >= 4 is 32.2 Å². The van der Waals surface area contributed by atoms with E-state index in [2.05, 4.69) is 143 Å². The van der Waals surface area contributed by atoms with Gasteiger partial charge in [-0.3, -0.25) is 8.37 Å². The van der Waals surface area contributed by atoms with E-state index in [1.54, 1.807) is 0 Å². The minimum atomic E-state index is -4.41. The van der Waals surface area contributed by atoms with Crippen LogP contribution in [0.2, 0.25) is 0 Å². The van der Waals surface area contributed by atoms with Crippen LogP contribution in [0.3, 0.4) is 0 Å². The second-order valence-electron chi connectivity index (χ2n) is 27.9. The minimum absolute atomic E-state index is 0.808. The average Bonchev–Trinajstić information content (AvgIpc) is 0.848. The number of unbranched alkanes of at least 4 members (excludes halogenated alkanes) is 44. The molecule has 0 saturated carbocycles. The highest BCUT2D eigenvalue weighted by atomic mass is 32.3. The van der Waals surface area contributed by atoms with Gasteiger partial charge in [0.2, 0.25) is 20.8 Å². The smallest absolute Gasteiger partial charge is 0.256 e. The summed E-state index contributed by atoms with van der Waals surface area (Å²) in [6, 6.07) is 27.0. The zero-order chi connectivity index (χ0) is 73.4. The molecule has 0 bridgehead atoms. The number of rotatable bonds is 58. The quantitative estimate of drug-likeness (QED) is 0.0138. The topological polar surface area (TPSA) is 147 Å². The molecule has 0 unspecified atom stereocenters. The van der Waals surface area contributed by atoms with E-state index in [4.69, 9.17) is 12.8 Å². The van der Waals surface area contributed by atoms with Crippen molar-refractivity contribution in [3.8, 4) is 46.9 Å². The SMILES string of the molecule is C#Cc1cc(-c2ccc(N(CCCCCCCCCCCCCC)CCCCCCCCCCCCCC)cc2)cc[n+]1C.C#Cc1cc(-c2ccc(N(CCCCCCCCCCCCCC)CCCCCCCCCCCCCC)cc2)cc[n+]1C.COS(=O)(=O)[O-].COS(=O)(=O)[O-]. The standard InChI is InChI=1S/2C42H69N2.2CH4O4S/c2*1-5-8-10-12-14-16-18-20-22-24-26-28-35-44(36-29-27-25-23-21-19-17-15-13-11-9-6-2)42-32-30-39(31-33-42)40-34-37-43(4)41(7-3)38-40;2*1-5-6(2,3)4/h2*3,30-34,37-38H,5-6,8-29,35-36H2,1-2,4H3;2*1H3,(H,2,3,4)/q2*+1;;/p-2. The molecule has 100 heavy (non-hydrogen) atoms. The van der Waals surface area contributed by atoms with Crippen molar-refractivity contribution in [1.82, 2.24) is 0 Å². The third kappa shape index (κ3) is 52.2. The Morgan fingerprint density at radius 2 is 0.500 bits per heavy atom. The lowest BCUT2D eigenvalue weighted by Gasteiger charge is -2.25. The Labute approximate surface area is 615 Å². The van der Waals surface area contributed by atoms with Gasteiger partial charge < -0.3 is 18.9 Å². The van der Waals surface area contributed by atoms with Crippen molar-refractivity contribution in [3.05, 3.63) is 96.6 Å². The van der Waals surface area contributed by atoms with Crippen LogP contribution < -0.4 is 18.9 Å². The largest absolute Gasteiger partial charge is 0.726 e. The molecule has 0 saturated heterocycles. The Bertz CT molecular complexity index is 2620. The first-order valence-corrected chi connectivity index (χ1v) is 42.8. The van der Waals surface area contributed by atoms with E-state index in [9.17, 15) is 25.9 Å². The van der Waals surface area contributed by atoms with Crippen LogP contribution >= 0.6 is 0 Å². The summed E-state index contributed by atoms with van der Waals surface area (Å²) in [7, 11) is -3.20. The van der Waals surface area contributed by atoms with Gasteiger partial charge in [-0.25, -0.2) is 16.8 Å². The molecule has 4 aromatic rings. The van der Waals surface area contributed by atoms with E-state index in [0.717, 1.165) is 25.6 Å². The molecular weight excluding hydrogens is 1280 g/mol. The fraction of sp³-hybridized carbons (Fsp3) is 0.698. The third-order valence-electron chi connectivity index (χ3n) is 19.3. The predicted molar refractivity (Wildman–Crippen MR) is 424 cm³/mol. The van der Waals surface area contributed by atoms with Gasteiger partial charge in [-0.2, -0.15) is 9.13 Å². The van der Waals surface area contributed by atoms with Crippen LogP contribution in [0.25, 0.3) is 22.3 Å². The summed E-state index contributed by atoms with van der Waals surface area (Å²) >= 11 is 0. The van der Waals surface area contributed by atoms with E-state index in [1.807, 2.05) is 23.2 Å². The number of hydrogen-bond donors (Lipinski definition) is 0. The molecule has 2 aromatic carbocycles. The first kappa shape index (κ1) is 93.2. The van der Waals surface area contributed by atoms with Crippen molar-refractivity contribution in [1.29, 1.82) is 0 Å². The Hall–Kier alpha value is -4.80. The molecule has 0 aliphatic carbocycles. The van der Waals surface area contributed by atoms with Gasteiger partial charge in [-0.15, -0.1) is 12.8 Å². The van der Waals surface area contributed by atoms with Crippen molar-refractivity contribution in [2.24, 2.45) is 14.1 Å². The monoisotopic (exact) mass is 1430 g/mol. The second kappa shape index (κ2) is 63.9. The van der Waals surface area contributed by atoms with Gasteiger partial charge in [0.25, 0.3) is 11.4 Å². The Kier molecular flexibility index (Phi) is 59.5. The minimum Gasteiger partial charge on any atom is -0.726 e. The summed E-state index contributed by atoms with van der Waals surface area (Å²) in [6.07, 6.45) is 83.0. The molecule has 0 amide bonds. The molecule has 2 heterocycles. The van der Waals surface area contributed by atoms with E-state index in [1.165, 1.54) is 368 Å². The maximum Gasteiger partial charge on any atom is 0.256 e. The Balaban J connectivity index is 0.000000857. The molecule has 0 fully saturated rings. The number of aromatic nitrogens is 2. The third-order valence-corrected chi connectivity index (χ3v) is 20.1. The number of hydrogen-bond acceptors (Lipinski definition) is 10. The Morgan fingerprint density at radius 3 is 0.670 bits per heavy atom. The van der Waals surface area contributed by atoms with Gasteiger partial charge >= 0.3 is 0 Å². The number of terminal acetylenes is 2. The lowest BCUT2D eigenvalue weighted by Crippen LogP contribution is -2.31. The molecule has 0 spiro atoms. The van der Waals surface area contributed by atoms with E-state index in [-0.39, 0.29) is 0 Å². The maximum absolute atomic E-state index is 9.22. The summed E-state index contributed by atoms with van der Waals surface area (Å²) < 4.78 is 66.0. The van der Waals surface area contributed by atoms with Gasteiger partial charge in [0.1, 0.15) is 14.1 Å². The molecule has 14 heteroatoms. The molecule has 0 aliphatic rings. The van der Waals surface area contributed by atoms with Crippen LogP contribution in [0.5, 0.6) is 0 Å². The van der Waals surface area contributed by atoms with E-state index < -0.39 is 20.8 Å². The zero-order valence-electron chi connectivity index (χ0n) is 64.9. The summed E-state index contributed by atoms with van der Waals surface area (Å²) in [4.78, 5) is 5.32. The summed E-state index contributed by atoms with van der Waals surface area (Å²) in [5, 5.41) is 0. The maximum atomic E-state index is 9.22. The molecule has 0 aliphatic heterocycles.